The maximum absolute atomic E-state index is 11.4. The third-order valence-corrected chi connectivity index (χ3v) is 2.91. The van der Waals surface area contributed by atoms with Crippen molar-refractivity contribution < 1.29 is 9.53 Å². The summed E-state index contributed by atoms with van der Waals surface area (Å²) in [5.41, 5.74) is 2.36. The highest BCUT2D eigenvalue weighted by molar-refractivity contribution is 8.00. The Labute approximate surface area is 102 Å². The maximum Gasteiger partial charge on any atom is 0.251 e. The number of hydrogen-bond acceptors (Lipinski definition) is 6. The van der Waals surface area contributed by atoms with E-state index in [4.69, 9.17) is 10.6 Å². The Kier molecular flexibility index (Phi) is 5.13. The monoisotopic (exact) mass is 258 g/mol. The van der Waals surface area contributed by atoms with Crippen LogP contribution in [0.5, 0.6) is 0 Å². The summed E-state index contributed by atoms with van der Waals surface area (Å²) in [6.07, 6.45) is 0. The predicted octanol–water partition coefficient (Wildman–Crippen LogP) is -0.825. The van der Waals surface area contributed by atoms with Crippen molar-refractivity contribution in [2.45, 2.75) is 17.3 Å². The summed E-state index contributed by atoms with van der Waals surface area (Å²) in [5, 5.41) is -0.199. The highest BCUT2D eigenvalue weighted by Gasteiger charge is 2.20. The first-order valence-corrected chi connectivity index (χ1v) is 5.68. The number of carbonyl (C=O) groups excluding carboxylic acids is 1. The van der Waals surface area contributed by atoms with Crippen molar-refractivity contribution in [3.8, 4) is 0 Å². The summed E-state index contributed by atoms with van der Waals surface area (Å²) in [6.45, 7) is 1.87. The molecule has 17 heavy (non-hydrogen) atoms. The molecule has 1 heterocycles. The topological polar surface area (TPSA) is 110 Å². The normalized spacial score (nSPS) is 12.2. The molecule has 1 rings (SSSR count). The Morgan fingerprint density at radius 2 is 2.47 bits per heavy atom. The lowest BCUT2D eigenvalue weighted by atomic mass is 10.4. The molecule has 1 unspecified atom stereocenters. The fourth-order valence-electron chi connectivity index (χ4n) is 1.15. The lowest BCUT2D eigenvalue weighted by molar-refractivity contribution is -0.121. The number of nitrogens with zero attached hydrogens (tertiary/aromatic N) is 1. The van der Waals surface area contributed by atoms with Gasteiger partial charge in [-0.15, -0.1) is 0 Å². The van der Waals surface area contributed by atoms with E-state index in [1.807, 2.05) is 5.43 Å². The second-order valence-corrected chi connectivity index (χ2v) is 4.45. The van der Waals surface area contributed by atoms with Crippen LogP contribution in [-0.2, 0) is 9.53 Å². The van der Waals surface area contributed by atoms with Crippen LogP contribution < -0.4 is 16.8 Å². The number of aromatic amines is 1. The second kappa shape index (κ2) is 6.38. The molecule has 94 valence electrons. The molecule has 1 amide bonds. The fourth-order valence-corrected chi connectivity index (χ4v) is 2.15. The number of carbonyl (C=O) groups is 1. The summed E-state index contributed by atoms with van der Waals surface area (Å²) in [7, 11) is 1.48. The van der Waals surface area contributed by atoms with Gasteiger partial charge in [0.1, 0.15) is 5.25 Å². The summed E-state index contributed by atoms with van der Waals surface area (Å²) in [4.78, 5) is 29.3. The van der Waals surface area contributed by atoms with Crippen LogP contribution in [0, 0.1) is 6.92 Å². The number of hydrogen-bond donors (Lipinski definition) is 3. The van der Waals surface area contributed by atoms with E-state index in [2.05, 4.69) is 9.97 Å². The molecule has 0 spiro atoms. The van der Waals surface area contributed by atoms with Gasteiger partial charge in [-0.05, 0) is 6.92 Å². The number of aromatic nitrogens is 2. The van der Waals surface area contributed by atoms with Crippen molar-refractivity contribution in [2.75, 3.05) is 13.7 Å². The number of hydrazine groups is 1. The Bertz CT molecular complexity index is 448. The van der Waals surface area contributed by atoms with E-state index in [1.165, 1.54) is 13.2 Å². The summed E-state index contributed by atoms with van der Waals surface area (Å²) < 4.78 is 4.90. The van der Waals surface area contributed by atoms with E-state index in [1.54, 1.807) is 6.92 Å². The van der Waals surface area contributed by atoms with Crippen molar-refractivity contribution in [1.82, 2.24) is 15.4 Å². The van der Waals surface area contributed by atoms with Crippen molar-refractivity contribution in [3.05, 3.63) is 22.1 Å². The molecule has 0 aliphatic carbocycles. The Morgan fingerprint density at radius 1 is 1.76 bits per heavy atom. The van der Waals surface area contributed by atoms with Gasteiger partial charge in [-0.3, -0.25) is 15.0 Å². The molecule has 0 aliphatic rings. The van der Waals surface area contributed by atoms with E-state index >= 15 is 0 Å². The predicted molar refractivity (Wildman–Crippen MR) is 63.4 cm³/mol. The summed E-state index contributed by atoms with van der Waals surface area (Å²) in [6, 6.07) is 1.37. The number of rotatable bonds is 5. The molecule has 1 atom stereocenters. The quantitative estimate of drug-likeness (QED) is 0.209. The molecule has 7 nitrogen and oxygen atoms in total. The van der Waals surface area contributed by atoms with Crippen LogP contribution in [0.3, 0.4) is 0 Å². The lowest BCUT2D eigenvalue weighted by Gasteiger charge is -2.12. The molecule has 1 aromatic rings. The molecule has 1 aromatic heterocycles. The van der Waals surface area contributed by atoms with Crippen molar-refractivity contribution >= 4 is 17.7 Å². The number of nitrogens with two attached hydrogens (primary N) is 1. The van der Waals surface area contributed by atoms with Gasteiger partial charge in [0, 0.05) is 18.9 Å². The average molecular weight is 258 g/mol. The summed E-state index contributed by atoms with van der Waals surface area (Å²) in [5.74, 6) is 4.67. The number of methoxy groups -OCH3 is 1. The van der Waals surface area contributed by atoms with Gasteiger partial charge < -0.3 is 9.72 Å². The van der Waals surface area contributed by atoms with Crippen LogP contribution in [0.4, 0.5) is 0 Å². The number of aryl methyl sites for hydroxylation is 1. The van der Waals surface area contributed by atoms with Crippen molar-refractivity contribution in [3.63, 3.8) is 0 Å². The van der Waals surface area contributed by atoms with Gasteiger partial charge in [-0.25, -0.2) is 10.8 Å². The number of ether oxygens (including phenoxy) is 1. The first-order chi connectivity index (χ1) is 8.06. The average Bonchev–Trinajstić information content (AvgIpc) is 2.26. The van der Waals surface area contributed by atoms with Gasteiger partial charge in [0.05, 0.1) is 6.61 Å². The molecule has 0 aromatic carbocycles. The molecular formula is C9H14N4O3S. The Morgan fingerprint density at radius 3 is 3.00 bits per heavy atom. The van der Waals surface area contributed by atoms with Crippen molar-refractivity contribution in [1.29, 1.82) is 0 Å². The van der Waals surface area contributed by atoms with E-state index in [-0.39, 0.29) is 18.1 Å². The van der Waals surface area contributed by atoms with Gasteiger partial charge in [-0.2, -0.15) is 0 Å². The van der Waals surface area contributed by atoms with Crippen LogP contribution in [0.15, 0.2) is 16.0 Å². The molecule has 0 radical (unpaired) electrons. The first-order valence-electron chi connectivity index (χ1n) is 4.81. The van der Waals surface area contributed by atoms with E-state index in [0.717, 1.165) is 11.8 Å². The van der Waals surface area contributed by atoms with E-state index in [0.29, 0.717) is 10.9 Å². The highest BCUT2D eigenvalue weighted by Crippen LogP contribution is 2.18. The maximum atomic E-state index is 11.4. The Hall–Kier alpha value is -1.38. The van der Waals surface area contributed by atoms with Crippen LogP contribution >= 0.6 is 11.8 Å². The van der Waals surface area contributed by atoms with Gasteiger partial charge in [-0.1, -0.05) is 11.8 Å². The number of nitrogens with one attached hydrogen (secondary N) is 2. The standard InChI is InChI=1S/C9H14N4O3S/c1-5-3-7(14)12-9(11-5)17-6(4-16-2)8(15)13-10/h3,6H,4,10H2,1-2H3,(H,13,15)(H,11,12,14). The summed E-state index contributed by atoms with van der Waals surface area (Å²) >= 11 is 1.09. The highest BCUT2D eigenvalue weighted by atomic mass is 32.2. The number of amides is 1. The van der Waals surface area contributed by atoms with Crippen LogP contribution in [-0.4, -0.2) is 34.8 Å². The molecule has 4 N–H and O–H groups in total. The third-order valence-electron chi connectivity index (χ3n) is 1.85. The van der Waals surface area contributed by atoms with E-state index < -0.39 is 5.25 Å². The first kappa shape index (κ1) is 13.7. The largest absolute Gasteiger partial charge is 0.383 e. The van der Waals surface area contributed by atoms with Gasteiger partial charge in [0.15, 0.2) is 5.16 Å². The zero-order valence-corrected chi connectivity index (χ0v) is 10.3. The fraction of sp³-hybridized carbons (Fsp3) is 0.444. The smallest absolute Gasteiger partial charge is 0.251 e. The van der Waals surface area contributed by atoms with E-state index in [9.17, 15) is 9.59 Å². The van der Waals surface area contributed by atoms with Gasteiger partial charge >= 0.3 is 0 Å². The lowest BCUT2D eigenvalue weighted by Crippen LogP contribution is -2.39. The molecule has 8 heteroatoms. The zero-order chi connectivity index (χ0) is 12.8. The third kappa shape index (κ3) is 4.17. The van der Waals surface area contributed by atoms with Crippen LogP contribution in [0.25, 0.3) is 0 Å². The molecule has 0 fully saturated rings. The van der Waals surface area contributed by atoms with Crippen molar-refractivity contribution in [2.24, 2.45) is 5.84 Å². The SMILES string of the molecule is COCC(Sc1nc(C)cc(=O)[nH]1)C(=O)NN. The molecule has 0 bridgehead atoms. The second-order valence-electron chi connectivity index (χ2n) is 3.26. The molecular weight excluding hydrogens is 244 g/mol. The zero-order valence-electron chi connectivity index (χ0n) is 9.52. The van der Waals surface area contributed by atoms with Crippen LogP contribution in [0.2, 0.25) is 0 Å². The van der Waals surface area contributed by atoms with Gasteiger partial charge in [0.2, 0.25) is 5.91 Å². The number of H-pyrrole nitrogens is 1. The van der Waals surface area contributed by atoms with Crippen LogP contribution in [0.1, 0.15) is 5.69 Å². The molecule has 0 aliphatic heterocycles. The minimum absolute atomic E-state index is 0.172. The molecule has 0 saturated carbocycles. The number of thioether (sulfide) groups is 1. The minimum Gasteiger partial charge on any atom is -0.383 e. The molecule has 0 saturated heterocycles. The Balaban J connectivity index is 2.85. The van der Waals surface area contributed by atoms with Gasteiger partial charge in [0.25, 0.3) is 5.56 Å². The minimum atomic E-state index is -0.560.